The molecule has 2 amide bonds. The van der Waals surface area contributed by atoms with Crippen LogP contribution in [0.4, 0.5) is 34.8 Å². The Morgan fingerprint density at radius 1 is 0.947 bits per heavy atom. The third kappa shape index (κ3) is 4.30. The quantitative estimate of drug-likeness (QED) is 0.292. The molecule has 0 fully saturated rings. The molecular formula is C29H21F4N3O2. The Bertz CT molecular complexity index is 1550. The molecule has 1 aliphatic heterocycles. The third-order valence-corrected chi connectivity index (χ3v) is 6.51. The first-order chi connectivity index (χ1) is 18.0. The molecule has 0 atom stereocenters. The monoisotopic (exact) mass is 519 g/mol. The SMILES string of the molecule is CC1(C)C(=O)N(c2ccccn2)c2cccc(-c3ccc(C(F)(F)F)c(C(=O)Nc4ccc(F)cc4)c3)c21. The van der Waals surface area contributed by atoms with Crippen molar-refractivity contribution in [2.24, 2.45) is 0 Å². The summed E-state index contributed by atoms with van der Waals surface area (Å²) in [6.45, 7) is 3.49. The van der Waals surface area contributed by atoms with Crippen molar-refractivity contribution in [1.82, 2.24) is 4.98 Å². The Balaban J connectivity index is 1.64. The zero-order valence-corrected chi connectivity index (χ0v) is 20.3. The number of benzene rings is 3. The molecule has 192 valence electrons. The van der Waals surface area contributed by atoms with Gasteiger partial charge in [-0.3, -0.25) is 14.5 Å². The number of fused-ring (bicyclic) bond motifs is 1. The Labute approximate surface area is 215 Å². The minimum absolute atomic E-state index is 0.147. The van der Waals surface area contributed by atoms with E-state index in [4.69, 9.17) is 0 Å². The maximum atomic E-state index is 13.9. The molecule has 0 unspecified atom stereocenters. The van der Waals surface area contributed by atoms with E-state index in [0.29, 0.717) is 28.2 Å². The standard InChI is InChI=1S/C29H21F4N3O2/c1-28(2)25-20(6-5-7-23(25)36(27(28)38)24-8-3-4-15-34-24)17-9-14-22(29(31,32)33)21(16-17)26(37)35-19-12-10-18(30)11-13-19/h3-16H,1-2H3,(H,35,37). The summed E-state index contributed by atoms with van der Waals surface area (Å²) in [4.78, 5) is 32.3. The van der Waals surface area contributed by atoms with Crippen molar-refractivity contribution in [2.45, 2.75) is 25.4 Å². The second-order valence-corrected chi connectivity index (χ2v) is 9.37. The van der Waals surface area contributed by atoms with Crippen LogP contribution in [0.25, 0.3) is 11.1 Å². The van der Waals surface area contributed by atoms with Crippen LogP contribution in [0.5, 0.6) is 0 Å². The number of aromatic nitrogens is 1. The van der Waals surface area contributed by atoms with Gasteiger partial charge in [-0.1, -0.05) is 24.3 Å². The fraction of sp³-hybridized carbons (Fsp3) is 0.138. The fourth-order valence-electron chi connectivity index (χ4n) is 4.71. The highest BCUT2D eigenvalue weighted by atomic mass is 19.4. The highest BCUT2D eigenvalue weighted by Crippen LogP contribution is 2.49. The van der Waals surface area contributed by atoms with Gasteiger partial charge in [-0.25, -0.2) is 9.37 Å². The summed E-state index contributed by atoms with van der Waals surface area (Å²) in [7, 11) is 0. The highest BCUT2D eigenvalue weighted by molar-refractivity contribution is 6.14. The van der Waals surface area contributed by atoms with Crippen molar-refractivity contribution >= 4 is 29.0 Å². The van der Waals surface area contributed by atoms with Crippen molar-refractivity contribution in [3.63, 3.8) is 0 Å². The maximum absolute atomic E-state index is 13.9. The molecule has 1 aliphatic rings. The van der Waals surface area contributed by atoms with E-state index in [1.54, 1.807) is 56.4 Å². The second kappa shape index (κ2) is 9.09. The number of pyridine rings is 1. The summed E-state index contributed by atoms with van der Waals surface area (Å²) in [6, 6.07) is 18.4. The fourth-order valence-corrected chi connectivity index (χ4v) is 4.71. The number of rotatable bonds is 4. The first-order valence-electron chi connectivity index (χ1n) is 11.7. The zero-order valence-electron chi connectivity index (χ0n) is 20.3. The Morgan fingerprint density at radius 3 is 2.34 bits per heavy atom. The molecule has 9 heteroatoms. The van der Waals surface area contributed by atoms with Crippen molar-refractivity contribution in [3.8, 4) is 11.1 Å². The van der Waals surface area contributed by atoms with Crippen LogP contribution in [0.1, 0.15) is 35.3 Å². The van der Waals surface area contributed by atoms with Crippen LogP contribution in [0.15, 0.2) is 85.1 Å². The lowest BCUT2D eigenvalue weighted by Crippen LogP contribution is -2.33. The molecule has 0 bridgehead atoms. The first-order valence-corrected chi connectivity index (χ1v) is 11.7. The van der Waals surface area contributed by atoms with Gasteiger partial charge in [0.15, 0.2) is 0 Å². The molecular weight excluding hydrogens is 498 g/mol. The largest absolute Gasteiger partial charge is 0.417 e. The highest BCUT2D eigenvalue weighted by Gasteiger charge is 2.46. The summed E-state index contributed by atoms with van der Waals surface area (Å²) >= 11 is 0. The molecule has 5 nitrogen and oxygen atoms in total. The summed E-state index contributed by atoms with van der Waals surface area (Å²) < 4.78 is 54.9. The summed E-state index contributed by atoms with van der Waals surface area (Å²) in [5.74, 6) is -1.35. The van der Waals surface area contributed by atoms with Gasteiger partial charge in [0.2, 0.25) is 5.91 Å². The number of amides is 2. The normalized spacial score (nSPS) is 14.4. The van der Waals surface area contributed by atoms with E-state index < -0.39 is 34.4 Å². The van der Waals surface area contributed by atoms with Crippen LogP contribution in [0.3, 0.4) is 0 Å². The van der Waals surface area contributed by atoms with Crippen molar-refractivity contribution < 1.29 is 27.2 Å². The lowest BCUT2D eigenvalue weighted by atomic mass is 9.81. The van der Waals surface area contributed by atoms with Crippen molar-refractivity contribution in [3.05, 3.63) is 108 Å². The van der Waals surface area contributed by atoms with Gasteiger partial charge in [0, 0.05) is 11.9 Å². The van der Waals surface area contributed by atoms with E-state index in [1.807, 2.05) is 0 Å². The lowest BCUT2D eigenvalue weighted by molar-refractivity contribution is -0.137. The van der Waals surface area contributed by atoms with Crippen LogP contribution >= 0.6 is 0 Å². The van der Waals surface area contributed by atoms with Gasteiger partial charge in [-0.15, -0.1) is 0 Å². The summed E-state index contributed by atoms with van der Waals surface area (Å²) in [5, 5.41) is 2.40. The van der Waals surface area contributed by atoms with Crippen LogP contribution in [0.2, 0.25) is 0 Å². The second-order valence-electron chi connectivity index (χ2n) is 9.37. The maximum Gasteiger partial charge on any atom is 0.417 e. The number of nitrogens with one attached hydrogen (secondary N) is 1. The van der Waals surface area contributed by atoms with Crippen LogP contribution < -0.4 is 10.2 Å². The first kappa shape index (κ1) is 25.1. The molecule has 0 radical (unpaired) electrons. The predicted octanol–water partition coefficient (Wildman–Crippen LogP) is 7.11. The molecule has 2 heterocycles. The van der Waals surface area contributed by atoms with Gasteiger partial charge in [0.25, 0.3) is 5.91 Å². The Kier molecular flexibility index (Phi) is 6.01. The van der Waals surface area contributed by atoms with Crippen LogP contribution in [-0.4, -0.2) is 16.8 Å². The van der Waals surface area contributed by atoms with Gasteiger partial charge >= 0.3 is 6.18 Å². The minimum Gasteiger partial charge on any atom is -0.322 e. The average molecular weight is 519 g/mol. The van der Waals surface area contributed by atoms with E-state index in [1.165, 1.54) is 29.2 Å². The number of hydrogen-bond acceptors (Lipinski definition) is 3. The molecule has 5 rings (SSSR count). The molecule has 3 aromatic carbocycles. The average Bonchev–Trinajstić information content (AvgIpc) is 3.10. The number of hydrogen-bond donors (Lipinski definition) is 1. The number of carbonyl (C=O) groups excluding carboxylic acids is 2. The van der Waals surface area contributed by atoms with Crippen LogP contribution in [0, 0.1) is 5.82 Å². The van der Waals surface area contributed by atoms with E-state index >= 15 is 0 Å². The van der Waals surface area contributed by atoms with Gasteiger partial charge < -0.3 is 5.32 Å². The van der Waals surface area contributed by atoms with Gasteiger partial charge in [-0.05, 0) is 85.1 Å². The Morgan fingerprint density at radius 2 is 1.68 bits per heavy atom. The summed E-state index contributed by atoms with van der Waals surface area (Å²) in [6.07, 6.45) is -3.23. The predicted molar refractivity (Wildman–Crippen MR) is 136 cm³/mol. The number of nitrogens with zero attached hydrogens (tertiary/aromatic N) is 2. The van der Waals surface area contributed by atoms with E-state index in [2.05, 4.69) is 10.3 Å². The van der Waals surface area contributed by atoms with E-state index in [0.717, 1.165) is 18.2 Å². The van der Waals surface area contributed by atoms with Crippen molar-refractivity contribution in [1.29, 1.82) is 0 Å². The topological polar surface area (TPSA) is 62.3 Å². The van der Waals surface area contributed by atoms with Crippen LogP contribution in [-0.2, 0) is 16.4 Å². The van der Waals surface area contributed by atoms with Crippen molar-refractivity contribution in [2.75, 3.05) is 10.2 Å². The van der Waals surface area contributed by atoms with Gasteiger partial charge in [0.05, 0.1) is 22.2 Å². The van der Waals surface area contributed by atoms with E-state index in [9.17, 15) is 27.2 Å². The number of alkyl halides is 3. The van der Waals surface area contributed by atoms with Gasteiger partial charge in [-0.2, -0.15) is 13.2 Å². The molecule has 38 heavy (non-hydrogen) atoms. The molecule has 0 saturated heterocycles. The lowest BCUT2D eigenvalue weighted by Gasteiger charge is -2.21. The summed E-state index contributed by atoms with van der Waals surface area (Å²) in [5.41, 5.74) is -0.559. The molecule has 0 aliphatic carbocycles. The zero-order chi connectivity index (χ0) is 27.2. The third-order valence-electron chi connectivity index (χ3n) is 6.51. The van der Waals surface area contributed by atoms with E-state index in [-0.39, 0.29) is 11.6 Å². The molecule has 0 saturated carbocycles. The Hall–Kier alpha value is -4.53. The molecule has 0 spiro atoms. The molecule has 4 aromatic rings. The minimum atomic E-state index is -4.79. The molecule has 1 N–H and O–H groups in total. The smallest absolute Gasteiger partial charge is 0.322 e. The number of halogens is 4. The number of carbonyl (C=O) groups is 2. The number of anilines is 3. The van der Waals surface area contributed by atoms with Gasteiger partial charge in [0.1, 0.15) is 11.6 Å². The molecule has 1 aromatic heterocycles.